The van der Waals surface area contributed by atoms with E-state index in [9.17, 15) is 9.59 Å². The number of amides is 1. The molecule has 0 aromatic heterocycles. The fourth-order valence-electron chi connectivity index (χ4n) is 2.36. The molecule has 0 saturated carbocycles. The summed E-state index contributed by atoms with van der Waals surface area (Å²) in [5.74, 6) is -0.887. The molecule has 2 aromatic rings. The minimum absolute atomic E-state index is 0.0423. The highest BCUT2D eigenvalue weighted by Gasteiger charge is 2.26. The Balaban J connectivity index is 1.80. The van der Waals surface area contributed by atoms with Crippen LogP contribution >= 0.6 is 0 Å². The van der Waals surface area contributed by atoms with Crippen LogP contribution < -0.4 is 5.32 Å². The molecule has 0 unspecified atom stereocenters. The fourth-order valence-corrected chi connectivity index (χ4v) is 2.36. The van der Waals surface area contributed by atoms with Gasteiger partial charge in [0.15, 0.2) is 0 Å². The van der Waals surface area contributed by atoms with Crippen LogP contribution in [0.4, 0.5) is 0 Å². The average Bonchev–Trinajstić information content (AvgIpc) is 2.52. The van der Waals surface area contributed by atoms with Gasteiger partial charge in [-0.2, -0.15) is 0 Å². The predicted molar refractivity (Wildman–Crippen MR) is 91.3 cm³/mol. The quantitative estimate of drug-likeness (QED) is 0.823. The van der Waals surface area contributed by atoms with Gasteiger partial charge in [-0.05, 0) is 43.0 Å². The van der Waals surface area contributed by atoms with Crippen LogP contribution in [0.15, 0.2) is 42.5 Å². The molecule has 0 bridgehead atoms. The fraction of sp³-hybridized carbons (Fsp3) is 0.368. The molecule has 2 rings (SSSR count). The van der Waals surface area contributed by atoms with Crippen molar-refractivity contribution in [3.63, 3.8) is 0 Å². The number of rotatable bonds is 7. The monoisotopic (exact) mass is 313 g/mol. The van der Waals surface area contributed by atoms with E-state index >= 15 is 0 Å². The third kappa shape index (κ3) is 4.81. The van der Waals surface area contributed by atoms with Gasteiger partial charge in [-0.15, -0.1) is 0 Å². The van der Waals surface area contributed by atoms with Crippen LogP contribution in [0.3, 0.4) is 0 Å². The first kappa shape index (κ1) is 17.0. The van der Waals surface area contributed by atoms with Crippen molar-refractivity contribution in [2.24, 2.45) is 5.41 Å². The molecular formula is C19H23NO3. The SMILES string of the molecule is CC(C)(CCNC(=O)CCc1ccc2ccccc2c1)C(=O)O. The number of fused-ring (bicyclic) bond motifs is 1. The number of carbonyl (C=O) groups excluding carboxylic acids is 1. The number of nitrogens with one attached hydrogen (secondary N) is 1. The highest BCUT2D eigenvalue weighted by atomic mass is 16.4. The summed E-state index contributed by atoms with van der Waals surface area (Å²) in [6, 6.07) is 14.4. The van der Waals surface area contributed by atoms with Gasteiger partial charge in [-0.3, -0.25) is 9.59 Å². The molecule has 2 aromatic carbocycles. The number of benzene rings is 2. The van der Waals surface area contributed by atoms with Crippen LogP contribution in [-0.4, -0.2) is 23.5 Å². The molecule has 4 heteroatoms. The van der Waals surface area contributed by atoms with Gasteiger partial charge in [0.25, 0.3) is 0 Å². The first-order valence-electron chi connectivity index (χ1n) is 7.86. The van der Waals surface area contributed by atoms with Crippen molar-refractivity contribution in [3.05, 3.63) is 48.0 Å². The van der Waals surface area contributed by atoms with E-state index in [1.807, 2.05) is 18.2 Å². The molecule has 0 saturated heterocycles. The molecule has 0 radical (unpaired) electrons. The standard InChI is InChI=1S/C19H23NO3/c1-19(2,18(22)23)11-12-20-17(21)10-8-14-7-9-15-5-3-4-6-16(15)13-14/h3-7,9,13H,8,10-12H2,1-2H3,(H,20,21)(H,22,23). The lowest BCUT2D eigenvalue weighted by Gasteiger charge is -2.18. The summed E-state index contributed by atoms with van der Waals surface area (Å²) in [5.41, 5.74) is 0.316. The van der Waals surface area contributed by atoms with E-state index in [0.717, 1.165) is 5.56 Å². The zero-order valence-corrected chi connectivity index (χ0v) is 13.6. The zero-order chi connectivity index (χ0) is 16.9. The number of hydrogen-bond acceptors (Lipinski definition) is 2. The Morgan fingerprint density at radius 2 is 1.78 bits per heavy atom. The van der Waals surface area contributed by atoms with Gasteiger partial charge in [0.05, 0.1) is 5.41 Å². The highest BCUT2D eigenvalue weighted by molar-refractivity contribution is 5.83. The van der Waals surface area contributed by atoms with Gasteiger partial charge in [0.2, 0.25) is 5.91 Å². The van der Waals surface area contributed by atoms with Crippen molar-refractivity contribution in [1.82, 2.24) is 5.32 Å². The first-order valence-corrected chi connectivity index (χ1v) is 7.86. The normalized spacial score (nSPS) is 11.4. The van der Waals surface area contributed by atoms with E-state index in [1.165, 1.54) is 10.8 Å². The van der Waals surface area contributed by atoms with E-state index in [-0.39, 0.29) is 5.91 Å². The molecular weight excluding hydrogens is 290 g/mol. The minimum atomic E-state index is -0.845. The summed E-state index contributed by atoms with van der Waals surface area (Å²) < 4.78 is 0. The van der Waals surface area contributed by atoms with Crippen LogP contribution in [0, 0.1) is 5.41 Å². The van der Waals surface area contributed by atoms with E-state index in [4.69, 9.17) is 5.11 Å². The molecule has 4 nitrogen and oxygen atoms in total. The van der Waals surface area contributed by atoms with Crippen molar-refractivity contribution in [2.45, 2.75) is 33.1 Å². The second-order valence-corrected chi connectivity index (χ2v) is 6.47. The Bertz CT molecular complexity index is 707. The van der Waals surface area contributed by atoms with Crippen molar-refractivity contribution in [1.29, 1.82) is 0 Å². The van der Waals surface area contributed by atoms with E-state index in [0.29, 0.717) is 25.8 Å². The summed E-state index contributed by atoms with van der Waals surface area (Å²) in [6.45, 7) is 3.71. The third-order valence-corrected chi connectivity index (χ3v) is 4.11. The van der Waals surface area contributed by atoms with Gasteiger partial charge in [0, 0.05) is 13.0 Å². The largest absolute Gasteiger partial charge is 0.481 e. The Labute approximate surface area is 136 Å². The second-order valence-electron chi connectivity index (χ2n) is 6.47. The second kappa shape index (κ2) is 7.27. The van der Waals surface area contributed by atoms with Crippen LogP contribution in [0.25, 0.3) is 10.8 Å². The van der Waals surface area contributed by atoms with Crippen molar-refractivity contribution >= 4 is 22.6 Å². The molecule has 0 aliphatic heterocycles. The van der Waals surface area contributed by atoms with Gasteiger partial charge >= 0.3 is 5.97 Å². The van der Waals surface area contributed by atoms with E-state index in [2.05, 4.69) is 29.6 Å². The maximum absolute atomic E-state index is 11.9. The topological polar surface area (TPSA) is 66.4 Å². The van der Waals surface area contributed by atoms with Gasteiger partial charge < -0.3 is 10.4 Å². The lowest BCUT2D eigenvalue weighted by atomic mass is 9.90. The summed E-state index contributed by atoms with van der Waals surface area (Å²) in [7, 11) is 0. The molecule has 1 amide bonds. The number of aryl methyl sites for hydroxylation is 1. The number of carboxylic acid groups (broad SMARTS) is 1. The van der Waals surface area contributed by atoms with Crippen LogP contribution in [0.2, 0.25) is 0 Å². The molecule has 2 N–H and O–H groups in total. The van der Waals surface area contributed by atoms with E-state index in [1.54, 1.807) is 13.8 Å². The lowest BCUT2D eigenvalue weighted by Crippen LogP contribution is -2.32. The molecule has 0 fully saturated rings. The summed E-state index contributed by atoms with van der Waals surface area (Å²) in [5, 5.41) is 14.2. The number of aliphatic carboxylic acids is 1. The van der Waals surface area contributed by atoms with Crippen LogP contribution in [-0.2, 0) is 16.0 Å². The maximum atomic E-state index is 11.9. The van der Waals surface area contributed by atoms with Gasteiger partial charge in [0.1, 0.15) is 0 Å². The average molecular weight is 313 g/mol. The Kier molecular flexibility index (Phi) is 5.37. The zero-order valence-electron chi connectivity index (χ0n) is 13.6. The first-order chi connectivity index (χ1) is 10.9. The summed E-state index contributed by atoms with van der Waals surface area (Å²) in [6.07, 6.45) is 1.51. The van der Waals surface area contributed by atoms with Crippen LogP contribution in [0.5, 0.6) is 0 Å². The van der Waals surface area contributed by atoms with Crippen molar-refractivity contribution in [2.75, 3.05) is 6.54 Å². The molecule has 0 heterocycles. The molecule has 23 heavy (non-hydrogen) atoms. The van der Waals surface area contributed by atoms with E-state index < -0.39 is 11.4 Å². The molecule has 0 spiro atoms. The van der Waals surface area contributed by atoms with Gasteiger partial charge in [-0.25, -0.2) is 0 Å². The number of carbonyl (C=O) groups is 2. The van der Waals surface area contributed by atoms with Crippen molar-refractivity contribution in [3.8, 4) is 0 Å². The maximum Gasteiger partial charge on any atom is 0.309 e. The van der Waals surface area contributed by atoms with Gasteiger partial charge in [-0.1, -0.05) is 42.5 Å². The predicted octanol–water partition coefficient (Wildman–Crippen LogP) is 3.39. The lowest BCUT2D eigenvalue weighted by molar-refractivity contribution is -0.147. The molecule has 0 aliphatic carbocycles. The highest BCUT2D eigenvalue weighted by Crippen LogP contribution is 2.19. The molecule has 0 atom stereocenters. The summed E-state index contributed by atoms with van der Waals surface area (Å²) >= 11 is 0. The smallest absolute Gasteiger partial charge is 0.309 e. The molecule has 122 valence electrons. The van der Waals surface area contributed by atoms with Crippen LogP contribution in [0.1, 0.15) is 32.3 Å². The minimum Gasteiger partial charge on any atom is -0.481 e. The number of carboxylic acids is 1. The Hall–Kier alpha value is -2.36. The number of hydrogen-bond donors (Lipinski definition) is 2. The third-order valence-electron chi connectivity index (χ3n) is 4.11. The summed E-state index contributed by atoms with van der Waals surface area (Å²) in [4.78, 5) is 22.9. The van der Waals surface area contributed by atoms with Crippen molar-refractivity contribution < 1.29 is 14.7 Å². The Morgan fingerprint density at radius 1 is 1.09 bits per heavy atom. The molecule has 0 aliphatic rings. The Morgan fingerprint density at radius 3 is 2.48 bits per heavy atom.